The van der Waals surface area contributed by atoms with Gasteiger partial charge in [0.25, 0.3) is 0 Å². The molecule has 8 nitrogen and oxygen atoms in total. The second-order valence-corrected chi connectivity index (χ2v) is 14.7. The molecule has 12 heteroatoms. The zero-order chi connectivity index (χ0) is 27.9. The highest BCUT2D eigenvalue weighted by atomic mass is 28.4. The van der Waals surface area contributed by atoms with Crippen LogP contribution in [0.3, 0.4) is 0 Å². The molecular formula is C25H35F3N2O6Si. The molecule has 0 unspecified atom stereocenters. The maximum absolute atomic E-state index is 12.4. The average Bonchev–Trinajstić information content (AvgIpc) is 2.77. The molecule has 0 saturated carbocycles. The number of esters is 1. The Morgan fingerprint density at radius 3 is 2.46 bits per heavy atom. The van der Waals surface area contributed by atoms with Crippen LogP contribution >= 0.6 is 0 Å². The molecule has 0 saturated heterocycles. The monoisotopic (exact) mass is 544 g/mol. The van der Waals surface area contributed by atoms with Gasteiger partial charge in [0.05, 0.1) is 18.7 Å². The molecule has 1 heterocycles. The van der Waals surface area contributed by atoms with Gasteiger partial charge in [0, 0.05) is 18.2 Å². The van der Waals surface area contributed by atoms with Crippen molar-refractivity contribution in [3.8, 4) is 17.5 Å². The summed E-state index contributed by atoms with van der Waals surface area (Å²) in [6.07, 6.45) is -5.58. The summed E-state index contributed by atoms with van der Waals surface area (Å²) in [7, 11) is -2.16. The van der Waals surface area contributed by atoms with E-state index in [9.17, 15) is 23.1 Å². The second-order valence-electron chi connectivity index (χ2n) is 9.94. The van der Waals surface area contributed by atoms with Crippen molar-refractivity contribution in [2.24, 2.45) is 0 Å². The molecule has 0 aliphatic rings. The smallest absolute Gasteiger partial charge is 0.392 e. The third-order valence-electron chi connectivity index (χ3n) is 5.87. The zero-order valence-electron chi connectivity index (χ0n) is 22.0. The molecule has 1 aromatic carbocycles. The van der Waals surface area contributed by atoms with Gasteiger partial charge in [0.1, 0.15) is 24.7 Å². The number of alkyl halides is 3. The highest BCUT2D eigenvalue weighted by Gasteiger charge is 2.39. The number of hydrogen-bond donors (Lipinski definition) is 1. The molecule has 1 aromatic heterocycles. The van der Waals surface area contributed by atoms with Gasteiger partial charge in [-0.1, -0.05) is 20.8 Å². The van der Waals surface area contributed by atoms with Gasteiger partial charge in [-0.3, -0.25) is 0 Å². The molecule has 0 spiro atoms. The lowest BCUT2D eigenvalue weighted by Crippen LogP contribution is -2.43. The number of carbonyl (C=O) groups excluding carboxylic acids is 1. The zero-order valence-corrected chi connectivity index (χ0v) is 23.0. The molecule has 37 heavy (non-hydrogen) atoms. The summed E-state index contributed by atoms with van der Waals surface area (Å²) in [5.74, 6) is 0.220. The van der Waals surface area contributed by atoms with Crippen LogP contribution in [-0.4, -0.2) is 54.9 Å². The summed E-state index contributed by atoms with van der Waals surface area (Å²) in [4.78, 5) is 19.9. The minimum atomic E-state index is -4.34. The van der Waals surface area contributed by atoms with Crippen molar-refractivity contribution in [2.45, 2.75) is 77.6 Å². The Morgan fingerprint density at radius 1 is 1.14 bits per heavy atom. The SMILES string of the molecule is CCOC(=O)[C@H](O)Cc1cc(O[Si](C)(C)C(C)(C)C)ccc1OCc1ccnc(OCCC(F)(F)F)n1. The Bertz CT molecular complexity index is 1040. The van der Waals surface area contributed by atoms with E-state index >= 15 is 0 Å². The first-order valence-corrected chi connectivity index (χ1v) is 14.8. The molecule has 0 amide bonds. The first-order chi connectivity index (χ1) is 17.1. The van der Waals surface area contributed by atoms with E-state index < -0.39 is 39.6 Å². The van der Waals surface area contributed by atoms with Crippen molar-refractivity contribution in [3.63, 3.8) is 0 Å². The van der Waals surface area contributed by atoms with Gasteiger partial charge in [0.15, 0.2) is 6.10 Å². The molecule has 0 bridgehead atoms. The van der Waals surface area contributed by atoms with Gasteiger partial charge in [0.2, 0.25) is 8.32 Å². The second kappa shape index (κ2) is 12.6. The van der Waals surface area contributed by atoms with Crippen LogP contribution in [0.15, 0.2) is 30.5 Å². The van der Waals surface area contributed by atoms with Crippen LogP contribution in [0.2, 0.25) is 18.1 Å². The van der Waals surface area contributed by atoms with E-state index in [1.807, 2.05) is 0 Å². The number of aliphatic hydroxyl groups is 1. The van der Waals surface area contributed by atoms with E-state index in [-0.39, 0.29) is 30.7 Å². The number of aliphatic hydroxyl groups excluding tert-OH is 1. The minimum absolute atomic E-state index is 0.0420. The van der Waals surface area contributed by atoms with Crippen molar-refractivity contribution in [3.05, 3.63) is 41.7 Å². The Balaban J connectivity index is 2.21. The molecule has 0 aliphatic heterocycles. The minimum Gasteiger partial charge on any atom is -0.543 e. The number of rotatable bonds is 12. The lowest BCUT2D eigenvalue weighted by molar-refractivity contribution is -0.152. The van der Waals surface area contributed by atoms with E-state index in [2.05, 4.69) is 43.8 Å². The molecule has 0 aliphatic carbocycles. The summed E-state index contributed by atoms with van der Waals surface area (Å²) < 4.78 is 59.2. The summed E-state index contributed by atoms with van der Waals surface area (Å²) in [6.45, 7) is 11.7. The van der Waals surface area contributed by atoms with Gasteiger partial charge >= 0.3 is 18.2 Å². The summed E-state index contributed by atoms with van der Waals surface area (Å²) >= 11 is 0. The van der Waals surface area contributed by atoms with Crippen LogP contribution < -0.4 is 13.9 Å². The Hall–Kier alpha value is -2.86. The summed E-state index contributed by atoms with van der Waals surface area (Å²) in [5, 5.41) is 10.3. The van der Waals surface area contributed by atoms with E-state index in [4.69, 9.17) is 18.6 Å². The maximum Gasteiger partial charge on any atom is 0.392 e. The van der Waals surface area contributed by atoms with Gasteiger partial charge in [-0.15, -0.1) is 0 Å². The Kier molecular flexibility index (Phi) is 10.3. The van der Waals surface area contributed by atoms with E-state index in [0.29, 0.717) is 22.8 Å². The Morgan fingerprint density at radius 2 is 1.84 bits per heavy atom. The van der Waals surface area contributed by atoms with E-state index in [0.717, 1.165) is 0 Å². The van der Waals surface area contributed by atoms with Crippen molar-refractivity contribution in [1.82, 2.24) is 9.97 Å². The van der Waals surface area contributed by atoms with Gasteiger partial charge in [-0.25, -0.2) is 9.78 Å². The van der Waals surface area contributed by atoms with Crippen LogP contribution in [0.25, 0.3) is 0 Å². The van der Waals surface area contributed by atoms with Crippen LogP contribution in [0.5, 0.6) is 17.5 Å². The predicted octanol–water partition coefficient (Wildman–Crippen LogP) is 5.24. The molecule has 0 radical (unpaired) electrons. The standard InChI is InChI=1S/C25H35F3N2O6Si/c1-7-33-22(32)20(31)15-17-14-19(36-37(5,6)24(2,3)4)8-9-21(17)35-16-18-10-12-29-23(30-18)34-13-11-25(26,27)28/h8-10,12,14,20,31H,7,11,13,15-16H2,1-6H3/t20-/m1/s1. The van der Waals surface area contributed by atoms with Crippen molar-refractivity contribution >= 4 is 14.3 Å². The lowest BCUT2D eigenvalue weighted by atomic mass is 10.1. The molecular weight excluding hydrogens is 509 g/mol. The van der Waals surface area contributed by atoms with Crippen molar-refractivity contribution in [2.75, 3.05) is 13.2 Å². The predicted molar refractivity (Wildman–Crippen MR) is 133 cm³/mol. The first-order valence-electron chi connectivity index (χ1n) is 11.9. The topological polar surface area (TPSA) is 100 Å². The maximum atomic E-state index is 12.4. The molecule has 206 valence electrons. The third-order valence-corrected chi connectivity index (χ3v) is 10.2. The fourth-order valence-corrected chi connectivity index (χ4v) is 3.86. The highest BCUT2D eigenvalue weighted by molar-refractivity contribution is 6.74. The number of ether oxygens (including phenoxy) is 3. The molecule has 1 atom stereocenters. The molecule has 0 fully saturated rings. The molecule has 1 N–H and O–H groups in total. The summed E-state index contributed by atoms with van der Waals surface area (Å²) in [6, 6.07) is 6.50. The number of aromatic nitrogens is 2. The van der Waals surface area contributed by atoms with E-state index in [1.165, 1.54) is 6.20 Å². The number of benzene rings is 1. The average molecular weight is 545 g/mol. The number of nitrogens with zero attached hydrogens (tertiary/aromatic N) is 2. The van der Waals surface area contributed by atoms with Crippen LogP contribution in [0.4, 0.5) is 13.2 Å². The molecule has 2 aromatic rings. The van der Waals surface area contributed by atoms with Crippen LogP contribution in [0.1, 0.15) is 45.4 Å². The normalized spacial score (nSPS) is 13.1. The summed E-state index contributed by atoms with van der Waals surface area (Å²) in [5.41, 5.74) is 0.892. The van der Waals surface area contributed by atoms with Crippen molar-refractivity contribution in [1.29, 1.82) is 0 Å². The van der Waals surface area contributed by atoms with Gasteiger partial charge < -0.3 is 23.7 Å². The van der Waals surface area contributed by atoms with Gasteiger partial charge in [-0.05, 0) is 49.3 Å². The van der Waals surface area contributed by atoms with Gasteiger partial charge in [-0.2, -0.15) is 18.2 Å². The molecule has 2 rings (SSSR count). The number of halogens is 3. The first kappa shape index (κ1) is 30.4. The van der Waals surface area contributed by atoms with Crippen LogP contribution in [-0.2, 0) is 22.6 Å². The lowest BCUT2D eigenvalue weighted by Gasteiger charge is -2.36. The van der Waals surface area contributed by atoms with Crippen LogP contribution in [0, 0.1) is 0 Å². The highest BCUT2D eigenvalue weighted by Crippen LogP contribution is 2.38. The van der Waals surface area contributed by atoms with E-state index in [1.54, 1.807) is 31.2 Å². The quantitative estimate of drug-likeness (QED) is 0.286. The fourth-order valence-electron chi connectivity index (χ4n) is 2.83. The third kappa shape index (κ3) is 9.84. The number of hydrogen-bond acceptors (Lipinski definition) is 8. The Labute approximate surface area is 216 Å². The largest absolute Gasteiger partial charge is 0.543 e. The number of carbonyl (C=O) groups is 1. The fraction of sp³-hybridized carbons (Fsp3) is 0.560. The van der Waals surface area contributed by atoms with Crippen molar-refractivity contribution < 1.29 is 41.7 Å².